The SMILES string of the molecule is CCOC(=O)N1CCC(Nc2cc(C(=O)NCc3cccc(C)c3)ccn2)CC1. The van der Waals surface area contributed by atoms with E-state index in [4.69, 9.17) is 4.74 Å². The Labute approximate surface area is 171 Å². The third-order valence-corrected chi connectivity index (χ3v) is 4.93. The number of anilines is 1. The quantitative estimate of drug-likeness (QED) is 0.782. The molecule has 0 atom stereocenters. The predicted octanol–water partition coefficient (Wildman–Crippen LogP) is 3.35. The molecule has 0 radical (unpaired) electrons. The van der Waals surface area contributed by atoms with E-state index in [1.54, 1.807) is 23.2 Å². The van der Waals surface area contributed by atoms with E-state index >= 15 is 0 Å². The van der Waals surface area contributed by atoms with Crippen molar-refractivity contribution in [2.75, 3.05) is 25.0 Å². The Morgan fingerprint density at radius 1 is 1.21 bits per heavy atom. The minimum Gasteiger partial charge on any atom is -0.450 e. The molecular formula is C22H28N4O3. The van der Waals surface area contributed by atoms with Gasteiger partial charge < -0.3 is 20.3 Å². The maximum atomic E-state index is 12.5. The molecule has 2 heterocycles. The van der Waals surface area contributed by atoms with Crippen molar-refractivity contribution in [1.82, 2.24) is 15.2 Å². The van der Waals surface area contributed by atoms with E-state index in [0.29, 0.717) is 37.6 Å². The Morgan fingerprint density at radius 3 is 2.72 bits per heavy atom. The Balaban J connectivity index is 1.52. The number of hydrogen-bond acceptors (Lipinski definition) is 5. The Hall–Kier alpha value is -3.09. The van der Waals surface area contributed by atoms with Gasteiger partial charge >= 0.3 is 6.09 Å². The van der Waals surface area contributed by atoms with Gasteiger partial charge in [0.15, 0.2) is 0 Å². The van der Waals surface area contributed by atoms with Gasteiger partial charge in [0, 0.05) is 37.4 Å². The van der Waals surface area contributed by atoms with Crippen molar-refractivity contribution in [2.24, 2.45) is 0 Å². The van der Waals surface area contributed by atoms with Gasteiger partial charge in [-0.05, 0) is 44.4 Å². The fraction of sp³-hybridized carbons (Fsp3) is 0.409. The molecule has 1 aliphatic rings. The predicted molar refractivity (Wildman–Crippen MR) is 112 cm³/mol. The summed E-state index contributed by atoms with van der Waals surface area (Å²) in [5, 5.41) is 6.33. The van der Waals surface area contributed by atoms with Crippen molar-refractivity contribution in [1.29, 1.82) is 0 Å². The van der Waals surface area contributed by atoms with E-state index < -0.39 is 0 Å². The van der Waals surface area contributed by atoms with Crippen molar-refractivity contribution in [3.05, 3.63) is 59.3 Å². The summed E-state index contributed by atoms with van der Waals surface area (Å²) in [4.78, 5) is 30.4. The number of pyridine rings is 1. The molecule has 3 rings (SSSR count). The number of aryl methyl sites for hydroxylation is 1. The molecule has 1 aromatic heterocycles. The van der Waals surface area contributed by atoms with Crippen molar-refractivity contribution in [3.8, 4) is 0 Å². The van der Waals surface area contributed by atoms with Crippen LogP contribution in [0.15, 0.2) is 42.6 Å². The standard InChI is InChI=1S/C22H28N4O3/c1-3-29-22(28)26-11-8-19(9-12-26)25-20-14-18(7-10-23-20)21(27)24-15-17-6-4-5-16(2)13-17/h4-7,10,13-14,19H,3,8-9,11-12,15H2,1-2H3,(H,23,25)(H,24,27). The topological polar surface area (TPSA) is 83.6 Å². The zero-order chi connectivity index (χ0) is 20.6. The van der Waals surface area contributed by atoms with Crippen LogP contribution >= 0.6 is 0 Å². The lowest BCUT2D eigenvalue weighted by Crippen LogP contribution is -2.42. The minimum atomic E-state index is -0.253. The highest BCUT2D eigenvalue weighted by Gasteiger charge is 2.23. The van der Waals surface area contributed by atoms with E-state index in [1.165, 1.54) is 5.56 Å². The summed E-state index contributed by atoms with van der Waals surface area (Å²) in [6, 6.07) is 11.8. The summed E-state index contributed by atoms with van der Waals surface area (Å²) in [5.41, 5.74) is 2.80. The van der Waals surface area contributed by atoms with Crippen LogP contribution in [-0.2, 0) is 11.3 Å². The molecule has 1 fully saturated rings. The first kappa shape index (κ1) is 20.6. The lowest BCUT2D eigenvalue weighted by atomic mass is 10.1. The first-order valence-corrected chi connectivity index (χ1v) is 10.0. The largest absolute Gasteiger partial charge is 0.450 e. The number of nitrogens with one attached hydrogen (secondary N) is 2. The second-order valence-electron chi connectivity index (χ2n) is 7.21. The van der Waals surface area contributed by atoms with Crippen molar-refractivity contribution in [2.45, 2.75) is 39.3 Å². The maximum Gasteiger partial charge on any atom is 0.409 e. The molecule has 2 N–H and O–H groups in total. The first-order valence-electron chi connectivity index (χ1n) is 10.0. The lowest BCUT2D eigenvalue weighted by Gasteiger charge is -2.31. The lowest BCUT2D eigenvalue weighted by molar-refractivity contribution is 0.0948. The molecule has 7 nitrogen and oxygen atoms in total. The molecule has 0 spiro atoms. The van der Waals surface area contributed by atoms with E-state index in [-0.39, 0.29) is 18.0 Å². The monoisotopic (exact) mass is 396 g/mol. The molecule has 0 bridgehead atoms. The zero-order valence-electron chi connectivity index (χ0n) is 17.0. The van der Waals surface area contributed by atoms with Crippen LogP contribution in [0.25, 0.3) is 0 Å². The second-order valence-corrected chi connectivity index (χ2v) is 7.21. The summed E-state index contributed by atoms with van der Waals surface area (Å²) in [5.74, 6) is 0.539. The van der Waals surface area contributed by atoms with Crippen molar-refractivity contribution < 1.29 is 14.3 Å². The molecule has 0 aliphatic carbocycles. The van der Waals surface area contributed by atoms with E-state index in [9.17, 15) is 9.59 Å². The van der Waals surface area contributed by atoms with Crippen LogP contribution in [0.1, 0.15) is 41.3 Å². The van der Waals surface area contributed by atoms with E-state index in [2.05, 4.69) is 21.7 Å². The van der Waals surface area contributed by atoms with Gasteiger partial charge in [-0.2, -0.15) is 0 Å². The van der Waals surface area contributed by atoms with Crippen LogP contribution < -0.4 is 10.6 Å². The zero-order valence-corrected chi connectivity index (χ0v) is 17.0. The number of rotatable bonds is 6. The molecule has 154 valence electrons. The highest BCUT2D eigenvalue weighted by Crippen LogP contribution is 2.17. The summed E-state index contributed by atoms with van der Waals surface area (Å²) >= 11 is 0. The smallest absolute Gasteiger partial charge is 0.409 e. The van der Waals surface area contributed by atoms with Gasteiger partial charge in [0.05, 0.1) is 6.61 Å². The number of ether oxygens (including phenoxy) is 1. The van der Waals surface area contributed by atoms with Crippen LogP contribution in [0.4, 0.5) is 10.6 Å². The fourth-order valence-corrected chi connectivity index (χ4v) is 3.39. The van der Waals surface area contributed by atoms with Crippen LogP contribution in [0.2, 0.25) is 0 Å². The van der Waals surface area contributed by atoms with Gasteiger partial charge in [-0.15, -0.1) is 0 Å². The average molecular weight is 396 g/mol. The molecule has 0 unspecified atom stereocenters. The molecule has 2 aromatic rings. The van der Waals surface area contributed by atoms with Gasteiger partial charge in [0.25, 0.3) is 5.91 Å². The summed E-state index contributed by atoms with van der Waals surface area (Å²) in [6.45, 7) is 6.00. The first-order chi connectivity index (χ1) is 14.0. The normalized spacial score (nSPS) is 14.3. The van der Waals surface area contributed by atoms with E-state index in [1.807, 2.05) is 32.0 Å². The molecule has 0 saturated carbocycles. The third-order valence-electron chi connectivity index (χ3n) is 4.93. The number of carbonyl (C=O) groups excluding carboxylic acids is 2. The molecule has 1 aliphatic heterocycles. The molecule has 29 heavy (non-hydrogen) atoms. The number of carbonyl (C=O) groups is 2. The molecule has 1 aromatic carbocycles. The molecule has 2 amide bonds. The van der Waals surface area contributed by atoms with Crippen LogP contribution in [0, 0.1) is 6.92 Å². The fourth-order valence-electron chi connectivity index (χ4n) is 3.39. The van der Waals surface area contributed by atoms with Gasteiger partial charge in [-0.25, -0.2) is 9.78 Å². The summed E-state index contributed by atoms with van der Waals surface area (Å²) in [7, 11) is 0. The average Bonchev–Trinajstić information content (AvgIpc) is 2.73. The van der Waals surface area contributed by atoms with Gasteiger partial charge in [-0.1, -0.05) is 29.8 Å². The Bertz CT molecular complexity index is 847. The van der Waals surface area contributed by atoms with Gasteiger partial charge in [0.1, 0.15) is 5.82 Å². The highest BCUT2D eigenvalue weighted by atomic mass is 16.6. The molecular weight excluding hydrogens is 368 g/mol. The number of hydrogen-bond donors (Lipinski definition) is 2. The molecule has 7 heteroatoms. The minimum absolute atomic E-state index is 0.130. The number of likely N-dealkylation sites (tertiary alicyclic amines) is 1. The highest BCUT2D eigenvalue weighted by molar-refractivity contribution is 5.94. The maximum absolute atomic E-state index is 12.5. The number of benzene rings is 1. The number of piperidine rings is 1. The van der Waals surface area contributed by atoms with Gasteiger partial charge in [-0.3, -0.25) is 4.79 Å². The van der Waals surface area contributed by atoms with Crippen LogP contribution in [0.5, 0.6) is 0 Å². The second kappa shape index (κ2) is 9.91. The summed E-state index contributed by atoms with van der Waals surface area (Å²) in [6.07, 6.45) is 3.00. The number of aromatic nitrogens is 1. The third kappa shape index (κ3) is 5.94. The number of nitrogens with zero attached hydrogens (tertiary/aromatic N) is 2. The Morgan fingerprint density at radius 2 is 2.00 bits per heavy atom. The summed E-state index contributed by atoms with van der Waals surface area (Å²) < 4.78 is 5.05. The van der Waals surface area contributed by atoms with Crippen LogP contribution in [0.3, 0.4) is 0 Å². The van der Waals surface area contributed by atoms with Gasteiger partial charge in [0.2, 0.25) is 0 Å². The van der Waals surface area contributed by atoms with Crippen LogP contribution in [-0.4, -0.2) is 47.6 Å². The van der Waals surface area contributed by atoms with Crippen molar-refractivity contribution in [3.63, 3.8) is 0 Å². The Kier molecular flexibility index (Phi) is 7.05. The van der Waals surface area contributed by atoms with Crippen molar-refractivity contribution >= 4 is 17.8 Å². The van der Waals surface area contributed by atoms with E-state index in [0.717, 1.165) is 18.4 Å². The molecule has 1 saturated heterocycles. The number of amides is 2.